The number of carbonyl (C=O) groups is 4. The number of nitrogens with one attached hydrogen (secondary N) is 2. The average Bonchev–Trinajstić information content (AvgIpc) is 2.88. The van der Waals surface area contributed by atoms with Gasteiger partial charge in [0.1, 0.15) is 24.2 Å². The summed E-state index contributed by atoms with van der Waals surface area (Å²) in [5.74, 6) is -1.36. The lowest BCUT2D eigenvalue weighted by molar-refractivity contribution is -0.145. The number of alkyl carbamates (subject to hydrolysis) is 1. The standard InChI is InChI=1S/C32H53N3O6/c1-10-11-12-13-14-15-18-35(30(38)26(19-22(2)3)34-31(39)41-32(6,7)8)28(29(37)33-21-27(36)40-9)25-17-16-23(4)24(5)20-25/h16-17,20,22,26,28H,10-15,18-19,21H2,1-9H3,(H,33,37)(H,34,39). The highest BCUT2D eigenvalue weighted by atomic mass is 16.6. The van der Waals surface area contributed by atoms with Gasteiger partial charge in [-0.15, -0.1) is 0 Å². The van der Waals surface area contributed by atoms with E-state index in [9.17, 15) is 19.2 Å². The van der Waals surface area contributed by atoms with Crippen molar-refractivity contribution in [2.24, 2.45) is 5.92 Å². The van der Waals surface area contributed by atoms with Crippen molar-refractivity contribution in [3.63, 3.8) is 0 Å². The van der Waals surface area contributed by atoms with Crippen molar-refractivity contribution in [1.82, 2.24) is 15.5 Å². The van der Waals surface area contributed by atoms with E-state index in [1.807, 2.05) is 45.9 Å². The lowest BCUT2D eigenvalue weighted by Gasteiger charge is -2.35. The van der Waals surface area contributed by atoms with Gasteiger partial charge in [-0.1, -0.05) is 71.1 Å². The highest BCUT2D eigenvalue weighted by Gasteiger charge is 2.36. The van der Waals surface area contributed by atoms with Crippen molar-refractivity contribution < 1.29 is 28.7 Å². The summed E-state index contributed by atoms with van der Waals surface area (Å²) in [5, 5.41) is 5.42. The first-order valence-corrected chi connectivity index (χ1v) is 14.9. The fourth-order valence-electron chi connectivity index (χ4n) is 4.51. The molecule has 0 radical (unpaired) electrons. The molecule has 0 aliphatic heterocycles. The van der Waals surface area contributed by atoms with E-state index in [0.29, 0.717) is 24.9 Å². The Morgan fingerprint density at radius 3 is 2.15 bits per heavy atom. The average molecular weight is 576 g/mol. The smallest absolute Gasteiger partial charge is 0.408 e. The quantitative estimate of drug-likeness (QED) is 0.191. The Morgan fingerprint density at radius 1 is 0.951 bits per heavy atom. The Bertz CT molecular complexity index is 1000. The van der Waals surface area contributed by atoms with Crippen molar-refractivity contribution in [2.75, 3.05) is 20.2 Å². The first kappa shape index (κ1) is 35.9. The number of nitrogens with zero attached hydrogens (tertiary/aromatic N) is 1. The Hall–Kier alpha value is -3.10. The summed E-state index contributed by atoms with van der Waals surface area (Å²) in [7, 11) is 1.25. The zero-order valence-electron chi connectivity index (χ0n) is 26.7. The Balaban J connectivity index is 3.51. The fraction of sp³-hybridized carbons (Fsp3) is 0.688. The fourth-order valence-corrected chi connectivity index (χ4v) is 4.51. The molecule has 232 valence electrons. The van der Waals surface area contributed by atoms with E-state index in [2.05, 4.69) is 17.6 Å². The Labute approximate surface area is 247 Å². The number of hydrogen-bond donors (Lipinski definition) is 2. The van der Waals surface area contributed by atoms with Crippen molar-refractivity contribution >= 4 is 23.9 Å². The minimum Gasteiger partial charge on any atom is -0.468 e. The summed E-state index contributed by atoms with van der Waals surface area (Å²) in [6.45, 7) is 15.3. The van der Waals surface area contributed by atoms with E-state index in [-0.39, 0.29) is 18.4 Å². The molecule has 41 heavy (non-hydrogen) atoms. The number of hydrogen-bond acceptors (Lipinski definition) is 6. The van der Waals surface area contributed by atoms with Crippen LogP contribution in [-0.4, -0.2) is 60.6 Å². The molecule has 0 saturated heterocycles. The summed E-state index contributed by atoms with van der Waals surface area (Å²) in [5.41, 5.74) is 1.94. The second-order valence-corrected chi connectivity index (χ2v) is 12.2. The van der Waals surface area contributed by atoms with E-state index in [4.69, 9.17) is 9.47 Å². The largest absolute Gasteiger partial charge is 0.468 e. The SMILES string of the molecule is CCCCCCCCN(C(=O)C(CC(C)C)NC(=O)OC(C)(C)C)C(C(=O)NCC(=O)OC)c1ccc(C)c(C)c1. The molecule has 1 aromatic rings. The van der Waals surface area contributed by atoms with E-state index in [1.54, 1.807) is 25.7 Å². The van der Waals surface area contributed by atoms with Gasteiger partial charge in [-0.2, -0.15) is 0 Å². The topological polar surface area (TPSA) is 114 Å². The van der Waals surface area contributed by atoms with E-state index >= 15 is 0 Å². The number of amides is 3. The van der Waals surface area contributed by atoms with Crippen LogP contribution < -0.4 is 10.6 Å². The Morgan fingerprint density at radius 2 is 1.59 bits per heavy atom. The molecule has 1 aromatic carbocycles. The van der Waals surface area contributed by atoms with Gasteiger partial charge in [-0.05, 0) is 70.1 Å². The molecule has 3 amide bonds. The summed E-state index contributed by atoms with van der Waals surface area (Å²) in [6.07, 6.45) is 5.71. The minimum absolute atomic E-state index is 0.0861. The van der Waals surface area contributed by atoms with Gasteiger partial charge in [-0.25, -0.2) is 4.79 Å². The number of aryl methyl sites for hydroxylation is 2. The van der Waals surface area contributed by atoms with Crippen LogP contribution in [0, 0.1) is 19.8 Å². The molecule has 0 aliphatic carbocycles. The maximum atomic E-state index is 14.3. The van der Waals surface area contributed by atoms with Crippen LogP contribution in [0.25, 0.3) is 0 Å². The molecule has 2 N–H and O–H groups in total. The zero-order valence-corrected chi connectivity index (χ0v) is 26.7. The van der Waals surface area contributed by atoms with Gasteiger partial charge < -0.3 is 25.0 Å². The molecule has 2 atom stereocenters. The van der Waals surface area contributed by atoms with Crippen molar-refractivity contribution in [3.05, 3.63) is 34.9 Å². The van der Waals surface area contributed by atoms with Crippen LogP contribution in [0.3, 0.4) is 0 Å². The third-order valence-corrected chi connectivity index (χ3v) is 6.77. The molecule has 0 saturated carbocycles. The second-order valence-electron chi connectivity index (χ2n) is 12.2. The van der Waals surface area contributed by atoms with Crippen LogP contribution in [0.15, 0.2) is 18.2 Å². The maximum Gasteiger partial charge on any atom is 0.408 e. The van der Waals surface area contributed by atoms with Crippen LogP contribution in [-0.2, 0) is 23.9 Å². The predicted molar refractivity (Wildman–Crippen MR) is 161 cm³/mol. The van der Waals surface area contributed by atoms with Crippen LogP contribution in [0.5, 0.6) is 0 Å². The number of ether oxygens (including phenoxy) is 2. The lowest BCUT2D eigenvalue weighted by atomic mass is 9.96. The third-order valence-electron chi connectivity index (χ3n) is 6.77. The van der Waals surface area contributed by atoms with Gasteiger partial charge in [0.2, 0.25) is 11.8 Å². The normalized spacial score (nSPS) is 12.8. The van der Waals surface area contributed by atoms with Crippen LogP contribution in [0.4, 0.5) is 4.79 Å². The summed E-state index contributed by atoms with van der Waals surface area (Å²) in [4.78, 5) is 54.2. The second kappa shape index (κ2) is 17.7. The molecule has 2 unspecified atom stereocenters. The summed E-state index contributed by atoms with van der Waals surface area (Å²) >= 11 is 0. The summed E-state index contributed by atoms with van der Waals surface area (Å²) in [6, 6.07) is 3.76. The molecular formula is C32H53N3O6. The molecule has 1 rings (SSSR count). The number of carbonyl (C=O) groups excluding carboxylic acids is 4. The highest BCUT2D eigenvalue weighted by molar-refractivity contribution is 5.93. The number of benzene rings is 1. The highest BCUT2D eigenvalue weighted by Crippen LogP contribution is 2.26. The van der Waals surface area contributed by atoms with Crippen LogP contribution in [0.1, 0.15) is 109 Å². The molecule has 0 fully saturated rings. The van der Waals surface area contributed by atoms with Gasteiger partial charge in [0.15, 0.2) is 0 Å². The minimum atomic E-state index is -1.00. The molecular weight excluding hydrogens is 522 g/mol. The van der Waals surface area contributed by atoms with Gasteiger partial charge in [0.25, 0.3) is 0 Å². The van der Waals surface area contributed by atoms with Crippen LogP contribution >= 0.6 is 0 Å². The maximum absolute atomic E-state index is 14.3. The number of unbranched alkanes of at least 4 members (excludes halogenated alkanes) is 5. The van der Waals surface area contributed by atoms with Crippen molar-refractivity contribution in [2.45, 2.75) is 118 Å². The molecule has 9 nitrogen and oxygen atoms in total. The Kier molecular flexibility index (Phi) is 15.5. The van der Waals surface area contributed by atoms with E-state index < -0.39 is 35.7 Å². The molecule has 0 heterocycles. The van der Waals surface area contributed by atoms with Gasteiger partial charge in [0, 0.05) is 6.54 Å². The monoisotopic (exact) mass is 575 g/mol. The van der Waals surface area contributed by atoms with Crippen molar-refractivity contribution in [3.8, 4) is 0 Å². The first-order chi connectivity index (χ1) is 19.2. The molecule has 0 bridgehead atoms. The summed E-state index contributed by atoms with van der Waals surface area (Å²) < 4.78 is 10.2. The number of methoxy groups -OCH3 is 1. The van der Waals surface area contributed by atoms with Crippen molar-refractivity contribution in [1.29, 1.82) is 0 Å². The van der Waals surface area contributed by atoms with Gasteiger partial charge in [-0.3, -0.25) is 14.4 Å². The van der Waals surface area contributed by atoms with Gasteiger partial charge >= 0.3 is 12.1 Å². The molecule has 0 aliphatic rings. The number of esters is 1. The first-order valence-electron chi connectivity index (χ1n) is 14.9. The molecule has 0 spiro atoms. The third kappa shape index (κ3) is 13.4. The molecule has 0 aromatic heterocycles. The number of rotatable bonds is 16. The van der Waals surface area contributed by atoms with Crippen LogP contribution in [0.2, 0.25) is 0 Å². The van der Waals surface area contributed by atoms with E-state index in [0.717, 1.165) is 43.2 Å². The van der Waals surface area contributed by atoms with Gasteiger partial charge in [0.05, 0.1) is 7.11 Å². The molecule has 9 heteroatoms. The van der Waals surface area contributed by atoms with E-state index in [1.165, 1.54) is 7.11 Å². The predicted octanol–water partition coefficient (Wildman–Crippen LogP) is 5.76. The zero-order chi connectivity index (χ0) is 31.2. The lowest BCUT2D eigenvalue weighted by Crippen LogP contribution is -2.54.